The van der Waals surface area contributed by atoms with Crippen molar-refractivity contribution in [3.05, 3.63) is 84.6 Å². The van der Waals surface area contributed by atoms with Crippen molar-refractivity contribution in [2.45, 2.75) is 0 Å². The van der Waals surface area contributed by atoms with Crippen LogP contribution in [0.1, 0.15) is 10.4 Å². The number of hydrogen-bond donors (Lipinski definition) is 0. The van der Waals surface area contributed by atoms with E-state index in [2.05, 4.69) is 11.0 Å². The standard InChI is InChI=1S/C29H30N4O4/c1-35-25-12-8-7-11-24(25)31-15-17-32(18-16-31)29(34)23-20-33(22-9-5-4-6-10-22)30-28(23)21-13-14-26(36-2)27(19-21)37-3/h4-14,19-20H,15-18H2,1-3H3. The summed E-state index contributed by atoms with van der Waals surface area (Å²) >= 11 is 0. The minimum absolute atomic E-state index is 0.0494. The Morgan fingerprint density at radius 3 is 2.14 bits per heavy atom. The highest BCUT2D eigenvalue weighted by atomic mass is 16.5. The number of hydrogen-bond acceptors (Lipinski definition) is 6. The van der Waals surface area contributed by atoms with Gasteiger partial charge in [0, 0.05) is 37.9 Å². The summed E-state index contributed by atoms with van der Waals surface area (Å²) in [7, 11) is 4.87. The van der Waals surface area contributed by atoms with Crippen LogP contribution in [-0.2, 0) is 0 Å². The van der Waals surface area contributed by atoms with Crippen LogP contribution in [0.15, 0.2) is 79.0 Å². The number of rotatable bonds is 7. The summed E-state index contributed by atoms with van der Waals surface area (Å²) in [5.74, 6) is 1.99. The number of carbonyl (C=O) groups excluding carboxylic acids is 1. The molecule has 0 radical (unpaired) electrons. The molecule has 0 aliphatic carbocycles. The van der Waals surface area contributed by atoms with Gasteiger partial charge >= 0.3 is 0 Å². The largest absolute Gasteiger partial charge is 0.495 e. The van der Waals surface area contributed by atoms with Gasteiger partial charge in [0.1, 0.15) is 11.4 Å². The molecule has 8 nitrogen and oxygen atoms in total. The Labute approximate surface area is 216 Å². The molecule has 1 amide bonds. The monoisotopic (exact) mass is 498 g/mol. The Hall–Kier alpha value is -4.46. The Bertz CT molecular complexity index is 1380. The summed E-state index contributed by atoms with van der Waals surface area (Å²) in [6.07, 6.45) is 1.82. The number of para-hydroxylation sites is 3. The van der Waals surface area contributed by atoms with Crippen LogP contribution in [0.4, 0.5) is 5.69 Å². The van der Waals surface area contributed by atoms with Crippen LogP contribution >= 0.6 is 0 Å². The van der Waals surface area contributed by atoms with E-state index in [1.165, 1.54) is 0 Å². The van der Waals surface area contributed by atoms with Crippen molar-refractivity contribution in [1.29, 1.82) is 0 Å². The van der Waals surface area contributed by atoms with Gasteiger partial charge < -0.3 is 24.0 Å². The van der Waals surface area contributed by atoms with Crippen molar-refractivity contribution >= 4 is 11.6 Å². The van der Waals surface area contributed by atoms with Gasteiger partial charge in [0.2, 0.25) is 0 Å². The lowest BCUT2D eigenvalue weighted by Gasteiger charge is -2.36. The minimum Gasteiger partial charge on any atom is -0.495 e. The first-order valence-electron chi connectivity index (χ1n) is 12.2. The van der Waals surface area contributed by atoms with E-state index >= 15 is 0 Å². The maximum atomic E-state index is 13.9. The molecule has 190 valence electrons. The predicted molar refractivity (Wildman–Crippen MR) is 143 cm³/mol. The van der Waals surface area contributed by atoms with Crippen molar-refractivity contribution < 1.29 is 19.0 Å². The van der Waals surface area contributed by atoms with E-state index in [0.717, 1.165) is 22.7 Å². The van der Waals surface area contributed by atoms with E-state index in [1.54, 1.807) is 26.0 Å². The number of benzene rings is 3. The van der Waals surface area contributed by atoms with Crippen LogP contribution in [0.2, 0.25) is 0 Å². The molecule has 0 N–H and O–H groups in total. The molecule has 0 bridgehead atoms. The number of anilines is 1. The van der Waals surface area contributed by atoms with E-state index < -0.39 is 0 Å². The van der Waals surface area contributed by atoms with E-state index in [-0.39, 0.29) is 5.91 Å². The Balaban J connectivity index is 1.45. The highest BCUT2D eigenvalue weighted by molar-refractivity contribution is 6.00. The molecule has 1 saturated heterocycles. The normalized spacial score (nSPS) is 13.4. The predicted octanol–water partition coefficient (Wildman–Crippen LogP) is 4.53. The summed E-state index contributed by atoms with van der Waals surface area (Å²) < 4.78 is 18.2. The van der Waals surface area contributed by atoms with Gasteiger partial charge in [0.05, 0.1) is 38.3 Å². The lowest BCUT2D eigenvalue weighted by Crippen LogP contribution is -2.48. The number of methoxy groups -OCH3 is 3. The molecule has 0 saturated carbocycles. The van der Waals surface area contributed by atoms with Crippen molar-refractivity contribution in [1.82, 2.24) is 14.7 Å². The zero-order valence-corrected chi connectivity index (χ0v) is 21.3. The average Bonchev–Trinajstić information content (AvgIpc) is 3.42. The fraction of sp³-hybridized carbons (Fsp3) is 0.241. The van der Waals surface area contributed by atoms with Crippen LogP contribution in [-0.4, -0.2) is 68.1 Å². The van der Waals surface area contributed by atoms with E-state index in [9.17, 15) is 4.79 Å². The van der Waals surface area contributed by atoms with Gasteiger partial charge in [-0.05, 0) is 42.5 Å². The van der Waals surface area contributed by atoms with Crippen molar-refractivity contribution in [3.8, 4) is 34.2 Å². The molecule has 37 heavy (non-hydrogen) atoms. The second kappa shape index (κ2) is 10.7. The van der Waals surface area contributed by atoms with Crippen LogP contribution in [0.5, 0.6) is 17.2 Å². The lowest BCUT2D eigenvalue weighted by atomic mass is 10.1. The Morgan fingerprint density at radius 2 is 1.43 bits per heavy atom. The molecule has 5 rings (SSSR count). The van der Waals surface area contributed by atoms with E-state index in [4.69, 9.17) is 19.3 Å². The van der Waals surface area contributed by atoms with Crippen LogP contribution < -0.4 is 19.1 Å². The highest BCUT2D eigenvalue weighted by Gasteiger charge is 2.28. The molecule has 0 atom stereocenters. The SMILES string of the molecule is COc1ccc(-c2nn(-c3ccccc3)cc2C(=O)N2CCN(c3ccccc3OC)CC2)cc1OC. The van der Waals surface area contributed by atoms with Crippen LogP contribution in [0.3, 0.4) is 0 Å². The third-order valence-corrected chi connectivity index (χ3v) is 6.62. The maximum absolute atomic E-state index is 13.9. The van der Waals surface area contributed by atoms with E-state index in [1.807, 2.05) is 77.8 Å². The van der Waals surface area contributed by atoms with Crippen molar-refractivity contribution in [2.75, 3.05) is 52.4 Å². The molecular formula is C29H30N4O4. The molecule has 1 aromatic heterocycles. The summed E-state index contributed by atoms with van der Waals surface area (Å²) in [6, 6.07) is 23.3. The lowest BCUT2D eigenvalue weighted by molar-refractivity contribution is 0.0747. The zero-order chi connectivity index (χ0) is 25.8. The quantitative estimate of drug-likeness (QED) is 0.373. The number of ether oxygens (including phenoxy) is 3. The maximum Gasteiger partial charge on any atom is 0.257 e. The van der Waals surface area contributed by atoms with Gasteiger partial charge in [-0.25, -0.2) is 4.68 Å². The Morgan fingerprint density at radius 1 is 0.757 bits per heavy atom. The van der Waals surface area contributed by atoms with Crippen LogP contribution in [0, 0.1) is 0 Å². The second-order valence-corrected chi connectivity index (χ2v) is 8.69. The smallest absolute Gasteiger partial charge is 0.257 e. The molecule has 0 spiro atoms. The first-order chi connectivity index (χ1) is 18.1. The summed E-state index contributed by atoms with van der Waals surface area (Å²) in [5.41, 5.74) is 3.84. The molecule has 8 heteroatoms. The van der Waals surface area contributed by atoms with Gasteiger partial charge in [0.15, 0.2) is 11.5 Å². The summed E-state index contributed by atoms with van der Waals surface area (Å²) in [4.78, 5) is 18.0. The molecule has 1 fully saturated rings. The fourth-order valence-corrected chi connectivity index (χ4v) is 4.65. The highest BCUT2D eigenvalue weighted by Crippen LogP contribution is 2.34. The van der Waals surface area contributed by atoms with Gasteiger partial charge in [-0.15, -0.1) is 0 Å². The Kier molecular flexibility index (Phi) is 6.98. The number of amides is 1. The third-order valence-electron chi connectivity index (χ3n) is 6.62. The molecule has 0 unspecified atom stereocenters. The molecule has 2 heterocycles. The van der Waals surface area contributed by atoms with Crippen molar-refractivity contribution in [3.63, 3.8) is 0 Å². The molecular weight excluding hydrogens is 468 g/mol. The van der Waals surface area contributed by atoms with Crippen molar-refractivity contribution in [2.24, 2.45) is 0 Å². The van der Waals surface area contributed by atoms with Gasteiger partial charge in [-0.3, -0.25) is 4.79 Å². The van der Waals surface area contributed by atoms with Gasteiger partial charge in [-0.1, -0.05) is 30.3 Å². The number of carbonyl (C=O) groups is 1. The van der Waals surface area contributed by atoms with E-state index in [0.29, 0.717) is 48.9 Å². The number of aromatic nitrogens is 2. The third kappa shape index (κ3) is 4.82. The first-order valence-corrected chi connectivity index (χ1v) is 12.2. The molecule has 3 aromatic carbocycles. The van der Waals surface area contributed by atoms with Crippen LogP contribution in [0.25, 0.3) is 16.9 Å². The molecule has 1 aliphatic rings. The summed E-state index contributed by atoms with van der Waals surface area (Å²) in [6.45, 7) is 2.62. The second-order valence-electron chi connectivity index (χ2n) is 8.69. The average molecular weight is 499 g/mol. The first kappa shape index (κ1) is 24.2. The topological polar surface area (TPSA) is 69.1 Å². The fourth-order valence-electron chi connectivity index (χ4n) is 4.65. The molecule has 1 aliphatic heterocycles. The summed E-state index contributed by atoms with van der Waals surface area (Å²) in [5, 5.41) is 4.83. The number of nitrogens with zero attached hydrogens (tertiary/aromatic N) is 4. The zero-order valence-electron chi connectivity index (χ0n) is 21.3. The molecule has 4 aromatic rings. The number of piperazine rings is 1. The van der Waals surface area contributed by atoms with Gasteiger partial charge in [-0.2, -0.15) is 5.10 Å². The minimum atomic E-state index is -0.0494. The van der Waals surface area contributed by atoms with Gasteiger partial charge in [0.25, 0.3) is 5.91 Å².